The van der Waals surface area contributed by atoms with Crippen LogP contribution in [0, 0.1) is 11.3 Å². The second-order valence-electron chi connectivity index (χ2n) is 6.64. The standard InChI is InChI=1S/C23H20N4O2S/c1-3-15-12-22(30-14-21(28)25-18-9-5-7-11-20(18)29-2)27-19-10-6-4-8-17(19)26-23(27)16(15)13-24/h4-12H,3,14H2,1-2H3,(H,25,28). The first-order chi connectivity index (χ1) is 14.7. The minimum absolute atomic E-state index is 0.135. The molecule has 0 saturated carbocycles. The van der Waals surface area contributed by atoms with E-state index in [1.165, 1.54) is 11.8 Å². The molecule has 2 aromatic carbocycles. The first kappa shape index (κ1) is 19.8. The number of aromatic nitrogens is 2. The number of imidazole rings is 1. The van der Waals surface area contributed by atoms with E-state index in [1.807, 2.05) is 53.8 Å². The molecule has 0 fully saturated rings. The SMILES string of the molecule is CCc1cc(SCC(=O)Nc2ccccc2OC)n2c(nc3ccccc32)c1C#N. The van der Waals surface area contributed by atoms with Crippen LogP contribution in [0.25, 0.3) is 16.7 Å². The van der Waals surface area contributed by atoms with Crippen molar-refractivity contribution in [2.24, 2.45) is 0 Å². The van der Waals surface area contributed by atoms with Crippen molar-refractivity contribution in [3.05, 3.63) is 65.7 Å². The van der Waals surface area contributed by atoms with E-state index in [9.17, 15) is 10.1 Å². The van der Waals surface area contributed by atoms with Gasteiger partial charge in [0, 0.05) is 0 Å². The summed E-state index contributed by atoms with van der Waals surface area (Å²) in [6.45, 7) is 2.01. The summed E-state index contributed by atoms with van der Waals surface area (Å²) in [4.78, 5) is 17.3. The zero-order valence-corrected chi connectivity index (χ0v) is 17.5. The Kier molecular flexibility index (Phi) is 5.59. The minimum Gasteiger partial charge on any atom is -0.495 e. The second-order valence-corrected chi connectivity index (χ2v) is 7.64. The van der Waals surface area contributed by atoms with Crippen LogP contribution in [0.3, 0.4) is 0 Å². The number of para-hydroxylation sites is 4. The van der Waals surface area contributed by atoms with Gasteiger partial charge in [-0.2, -0.15) is 5.26 Å². The van der Waals surface area contributed by atoms with E-state index in [0.29, 0.717) is 29.1 Å². The van der Waals surface area contributed by atoms with Gasteiger partial charge >= 0.3 is 0 Å². The van der Waals surface area contributed by atoms with E-state index in [4.69, 9.17) is 4.74 Å². The van der Waals surface area contributed by atoms with Gasteiger partial charge in [-0.05, 0) is 42.3 Å². The molecule has 150 valence electrons. The average Bonchev–Trinajstić information content (AvgIpc) is 3.17. The molecular formula is C23H20N4O2S. The number of benzene rings is 2. The second kappa shape index (κ2) is 8.47. The van der Waals surface area contributed by atoms with Crippen molar-refractivity contribution >= 4 is 40.0 Å². The number of methoxy groups -OCH3 is 1. The molecule has 0 radical (unpaired) electrons. The van der Waals surface area contributed by atoms with Gasteiger partial charge in [0.15, 0.2) is 5.65 Å². The number of amides is 1. The maximum atomic E-state index is 12.6. The molecule has 0 aliphatic rings. The molecule has 0 spiro atoms. The van der Waals surface area contributed by atoms with Crippen LogP contribution in [0.15, 0.2) is 59.6 Å². The van der Waals surface area contributed by atoms with Crippen LogP contribution in [0.5, 0.6) is 5.75 Å². The molecule has 0 aliphatic heterocycles. The maximum absolute atomic E-state index is 12.6. The Morgan fingerprint density at radius 2 is 2.00 bits per heavy atom. The third kappa shape index (κ3) is 3.58. The van der Waals surface area contributed by atoms with Crippen LogP contribution in [0.4, 0.5) is 5.69 Å². The first-order valence-corrected chi connectivity index (χ1v) is 10.5. The number of aryl methyl sites for hydroxylation is 1. The fourth-order valence-corrected chi connectivity index (χ4v) is 4.32. The minimum atomic E-state index is -0.135. The monoisotopic (exact) mass is 416 g/mol. The number of nitrogens with zero attached hydrogens (tertiary/aromatic N) is 3. The van der Waals surface area contributed by atoms with Crippen LogP contribution in [0.2, 0.25) is 0 Å². The highest BCUT2D eigenvalue weighted by Crippen LogP contribution is 2.30. The highest BCUT2D eigenvalue weighted by atomic mass is 32.2. The van der Waals surface area contributed by atoms with E-state index in [-0.39, 0.29) is 11.7 Å². The number of rotatable bonds is 6. The van der Waals surface area contributed by atoms with Gasteiger partial charge in [-0.3, -0.25) is 9.20 Å². The van der Waals surface area contributed by atoms with E-state index >= 15 is 0 Å². The molecule has 0 aliphatic carbocycles. The summed E-state index contributed by atoms with van der Waals surface area (Å²) in [7, 11) is 1.57. The lowest BCUT2D eigenvalue weighted by Crippen LogP contribution is -2.15. The number of nitriles is 1. The zero-order valence-electron chi connectivity index (χ0n) is 16.7. The van der Waals surface area contributed by atoms with Gasteiger partial charge in [0.1, 0.15) is 11.8 Å². The van der Waals surface area contributed by atoms with Crippen molar-refractivity contribution in [3.63, 3.8) is 0 Å². The Morgan fingerprint density at radius 1 is 1.23 bits per heavy atom. The average molecular weight is 417 g/mol. The van der Waals surface area contributed by atoms with Crippen LogP contribution in [-0.4, -0.2) is 28.2 Å². The molecule has 6 nitrogen and oxygen atoms in total. The largest absolute Gasteiger partial charge is 0.495 e. The molecule has 4 rings (SSSR count). The molecule has 0 saturated heterocycles. The van der Waals surface area contributed by atoms with Crippen molar-refractivity contribution in [1.82, 2.24) is 9.38 Å². The number of ether oxygens (including phenoxy) is 1. The maximum Gasteiger partial charge on any atom is 0.234 e. The fourth-order valence-electron chi connectivity index (χ4n) is 3.43. The van der Waals surface area contributed by atoms with Crippen molar-refractivity contribution < 1.29 is 9.53 Å². The van der Waals surface area contributed by atoms with Crippen molar-refractivity contribution in [2.75, 3.05) is 18.2 Å². The number of anilines is 1. The van der Waals surface area contributed by atoms with Crippen LogP contribution >= 0.6 is 11.8 Å². The normalized spacial score (nSPS) is 10.8. The van der Waals surface area contributed by atoms with E-state index < -0.39 is 0 Å². The molecule has 2 heterocycles. The van der Waals surface area contributed by atoms with E-state index in [1.54, 1.807) is 19.2 Å². The van der Waals surface area contributed by atoms with Gasteiger partial charge in [0.25, 0.3) is 0 Å². The van der Waals surface area contributed by atoms with Crippen LogP contribution in [-0.2, 0) is 11.2 Å². The van der Waals surface area contributed by atoms with Gasteiger partial charge in [0.05, 0.1) is 40.2 Å². The topological polar surface area (TPSA) is 79.4 Å². The Balaban J connectivity index is 1.68. The number of hydrogen-bond donors (Lipinski definition) is 1. The third-order valence-corrected chi connectivity index (χ3v) is 5.85. The molecule has 1 N–H and O–H groups in total. The molecule has 2 aromatic heterocycles. The van der Waals surface area contributed by atoms with Crippen LogP contribution < -0.4 is 10.1 Å². The molecule has 4 aromatic rings. The summed E-state index contributed by atoms with van der Waals surface area (Å²) < 4.78 is 7.26. The Hall–Kier alpha value is -3.50. The third-order valence-electron chi connectivity index (χ3n) is 4.85. The number of hydrogen-bond acceptors (Lipinski definition) is 5. The predicted molar refractivity (Wildman–Crippen MR) is 119 cm³/mol. The summed E-state index contributed by atoms with van der Waals surface area (Å²) in [5, 5.41) is 13.5. The Labute approximate surface area is 178 Å². The molecule has 1 amide bonds. The number of pyridine rings is 1. The summed E-state index contributed by atoms with van der Waals surface area (Å²) >= 11 is 1.42. The number of carbonyl (C=O) groups excluding carboxylic acids is 1. The summed E-state index contributed by atoms with van der Waals surface area (Å²) in [5.41, 5.74) is 4.51. The summed E-state index contributed by atoms with van der Waals surface area (Å²) in [5.74, 6) is 0.698. The quantitative estimate of drug-likeness (QED) is 0.463. The molecule has 30 heavy (non-hydrogen) atoms. The van der Waals surface area contributed by atoms with E-state index in [2.05, 4.69) is 16.4 Å². The van der Waals surface area contributed by atoms with Crippen molar-refractivity contribution in [2.45, 2.75) is 18.4 Å². The van der Waals surface area contributed by atoms with Crippen molar-refractivity contribution in [1.29, 1.82) is 5.26 Å². The molecule has 0 bridgehead atoms. The van der Waals surface area contributed by atoms with Gasteiger partial charge in [0.2, 0.25) is 5.91 Å². The highest BCUT2D eigenvalue weighted by Gasteiger charge is 2.17. The van der Waals surface area contributed by atoms with E-state index in [0.717, 1.165) is 21.6 Å². The number of thioether (sulfide) groups is 1. The predicted octanol–water partition coefficient (Wildman–Crippen LogP) is 4.66. The summed E-state index contributed by atoms with van der Waals surface area (Å²) in [6, 6.07) is 19.4. The lowest BCUT2D eigenvalue weighted by Gasteiger charge is -2.12. The Bertz CT molecular complexity index is 1290. The number of carbonyl (C=O) groups is 1. The molecule has 7 heteroatoms. The van der Waals surface area contributed by atoms with Gasteiger partial charge in [-0.25, -0.2) is 4.98 Å². The van der Waals surface area contributed by atoms with Gasteiger partial charge < -0.3 is 10.1 Å². The smallest absolute Gasteiger partial charge is 0.234 e. The molecule has 0 atom stereocenters. The lowest BCUT2D eigenvalue weighted by molar-refractivity contribution is -0.113. The number of nitrogens with one attached hydrogen (secondary N) is 1. The van der Waals surface area contributed by atoms with Crippen molar-refractivity contribution in [3.8, 4) is 11.8 Å². The Morgan fingerprint density at radius 3 is 2.77 bits per heavy atom. The van der Waals surface area contributed by atoms with Gasteiger partial charge in [-0.15, -0.1) is 0 Å². The lowest BCUT2D eigenvalue weighted by atomic mass is 10.1. The zero-order chi connectivity index (χ0) is 21.1. The molecule has 0 unspecified atom stereocenters. The molecular weight excluding hydrogens is 396 g/mol. The number of fused-ring (bicyclic) bond motifs is 3. The van der Waals surface area contributed by atoms with Gasteiger partial charge in [-0.1, -0.05) is 43.0 Å². The highest BCUT2D eigenvalue weighted by molar-refractivity contribution is 7.99. The summed E-state index contributed by atoms with van der Waals surface area (Å²) in [6.07, 6.45) is 0.712. The first-order valence-electron chi connectivity index (χ1n) is 9.55. The fraction of sp³-hybridized carbons (Fsp3) is 0.174. The van der Waals surface area contributed by atoms with Crippen LogP contribution in [0.1, 0.15) is 18.1 Å².